The van der Waals surface area contributed by atoms with E-state index in [1.165, 1.54) is 16.2 Å². The number of aromatic nitrogens is 1. The molecule has 0 atom stereocenters. The minimum Gasteiger partial charge on any atom is -0.480 e. The van der Waals surface area contributed by atoms with E-state index in [1.54, 1.807) is 12.6 Å². The second kappa shape index (κ2) is 6.19. The lowest BCUT2D eigenvalue weighted by atomic mass is 9.90. The number of ether oxygens (including phenoxy) is 1. The van der Waals surface area contributed by atoms with Crippen molar-refractivity contribution in [3.8, 4) is 0 Å². The van der Waals surface area contributed by atoms with E-state index in [4.69, 9.17) is 4.74 Å². The summed E-state index contributed by atoms with van der Waals surface area (Å²) in [5.74, 6) is -1.02. The van der Waals surface area contributed by atoms with Gasteiger partial charge >= 0.3 is 12.0 Å². The summed E-state index contributed by atoms with van der Waals surface area (Å²) >= 11 is 1.45. The van der Waals surface area contributed by atoms with Crippen LogP contribution < -0.4 is 5.32 Å². The maximum Gasteiger partial charge on any atom is 0.329 e. The number of hydrogen-bond acceptors (Lipinski definition) is 5. The van der Waals surface area contributed by atoms with Gasteiger partial charge in [-0.2, -0.15) is 0 Å². The van der Waals surface area contributed by atoms with E-state index in [1.807, 2.05) is 5.38 Å². The van der Waals surface area contributed by atoms with Crippen molar-refractivity contribution >= 4 is 23.3 Å². The second-order valence-electron chi connectivity index (χ2n) is 4.77. The Morgan fingerprint density at radius 1 is 1.55 bits per heavy atom. The number of carbonyl (C=O) groups is 2. The zero-order valence-corrected chi connectivity index (χ0v) is 12.0. The molecule has 2 rings (SSSR count). The highest BCUT2D eigenvalue weighted by atomic mass is 32.1. The molecule has 110 valence electrons. The molecule has 1 aromatic rings. The van der Waals surface area contributed by atoms with Crippen LogP contribution in [0.1, 0.15) is 18.5 Å². The van der Waals surface area contributed by atoms with Gasteiger partial charge in [-0.15, -0.1) is 11.3 Å². The second-order valence-corrected chi connectivity index (χ2v) is 5.48. The number of hydrogen-bond donors (Lipinski definition) is 2. The Hall–Kier alpha value is -1.67. The van der Waals surface area contributed by atoms with E-state index in [-0.39, 0.29) is 12.8 Å². The molecule has 0 bridgehead atoms. The lowest BCUT2D eigenvalue weighted by Crippen LogP contribution is -2.59. The number of aliphatic carboxylic acids is 1. The Morgan fingerprint density at radius 3 is 2.80 bits per heavy atom. The quantitative estimate of drug-likeness (QED) is 0.862. The number of carbonyl (C=O) groups excluding carboxylic acids is 1. The van der Waals surface area contributed by atoms with Gasteiger partial charge < -0.3 is 20.1 Å². The van der Waals surface area contributed by atoms with Crippen LogP contribution in [0.2, 0.25) is 0 Å². The fourth-order valence-corrected chi connectivity index (χ4v) is 2.59. The Kier molecular flexibility index (Phi) is 4.56. The van der Waals surface area contributed by atoms with Crippen LogP contribution in [0.4, 0.5) is 4.79 Å². The summed E-state index contributed by atoms with van der Waals surface area (Å²) < 4.78 is 5.17. The molecule has 1 aliphatic heterocycles. The topological polar surface area (TPSA) is 91.8 Å². The molecule has 1 aliphatic rings. The fourth-order valence-electron chi connectivity index (χ4n) is 2.04. The van der Waals surface area contributed by atoms with E-state index < -0.39 is 17.5 Å². The van der Waals surface area contributed by atoms with Crippen molar-refractivity contribution in [3.05, 3.63) is 16.6 Å². The number of thiazole rings is 1. The Bertz CT molecular complexity index is 471. The first-order valence-electron chi connectivity index (χ1n) is 6.25. The molecule has 8 heteroatoms. The summed E-state index contributed by atoms with van der Waals surface area (Å²) in [7, 11) is 1.61. The van der Waals surface area contributed by atoms with Crippen LogP contribution in [0, 0.1) is 0 Å². The third kappa shape index (κ3) is 3.26. The first-order valence-corrected chi connectivity index (χ1v) is 7.19. The molecule has 1 aromatic heterocycles. The van der Waals surface area contributed by atoms with E-state index in [9.17, 15) is 14.7 Å². The van der Waals surface area contributed by atoms with Gasteiger partial charge in [0.1, 0.15) is 5.54 Å². The monoisotopic (exact) mass is 299 g/mol. The van der Waals surface area contributed by atoms with Crippen LogP contribution in [0.5, 0.6) is 0 Å². The molecule has 0 saturated carbocycles. The Balaban J connectivity index is 1.99. The average Bonchev–Trinajstić information content (AvgIpc) is 2.92. The van der Waals surface area contributed by atoms with E-state index in [0.29, 0.717) is 19.8 Å². The zero-order chi connectivity index (χ0) is 14.6. The van der Waals surface area contributed by atoms with Gasteiger partial charge in [0.25, 0.3) is 0 Å². The molecule has 0 aliphatic carbocycles. The maximum atomic E-state index is 12.1. The largest absolute Gasteiger partial charge is 0.480 e. The number of carboxylic acids is 1. The van der Waals surface area contributed by atoms with Gasteiger partial charge in [0.2, 0.25) is 0 Å². The molecular formula is C12H17N3O4S. The van der Waals surface area contributed by atoms with Crippen LogP contribution in [-0.2, 0) is 16.1 Å². The molecule has 0 unspecified atom stereocenters. The van der Waals surface area contributed by atoms with Crippen molar-refractivity contribution in [2.75, 3.05) is 20.3 Å². The molecule has 2 N–H and O–H groups in total. The molecule has 7 nitrogen and oxygen atoms in total. The highest BCUT2D eigenvalue weighted by molar-refractivity contribution is 7.07. The van der Waals surface area contributed by atoms with Crippen molar-refractivity contribution in [3.63, 3.8) is 0 Å². The third-order valence-corrected chi connectivity index (χ3v) is 3.97. The van der Waals surface area contributed by atoms with Crippen LogP contribution in [0.3, 0.4) is 0 Å². The first-order chi connectivity index (χ1) is 9.53. The van der Waals surface area contributed by atoms with Crippen LogP contribution in [0.25, 0.3) is 0 Å². The molecule has 2 heterocycles. The number of carboxylic acid groups (broad SMARTS) is 1. The summed E-state index contributed by atoms with van der Waals surface area (Å²) in [6.45, 7) is 1.02. The summed E-state index contributed by atoms with van der Waals surface area (Å²) in [4.78, 5) is 29.1. The molecule has 0 aromatic carbocycles. The minimum absolute atomic E-state index is 0.276. The van der Waals surface area contributed by atoms with E-state index >= 15 is 0 Å². The third-order valence-electron chi connectivity index (χ3n) is 3.33. The highest BCUT2D eigenvalue weighted by Gasteiger charge is 2.42. The zero-order valence-electron chi connectivity index (χ0n) is 11.2. The standard InChI is InChI=1S/C12H17N3O4S/c1-15(6-9-7-20-8-13-9)11(18)14-12(10(16)17)2-4-19-5-3-12/h7-8H,2-6H2,1H3,(H,14,18)(H,16,17). The molecule has 0 radical (unpaired) electrons. The molecule has 1 fully saturated rings. The normalized spacial score (nSPS) is 17.4. The van der Waals surface area contributed by atoms with Gasteiger partial charge in [0.15, 0.2) is 0 Å². The summed E-state index contributed by atoms with van der Waals surface area (Å²) in [6.07, 6.45) is 0.553. The minimum atomic E-state index is -1.23. The molecule has 2 amide bonds. The van der Waals surface area contributed by atoms with Crippen LogP contribution in [0.15, 0.2) is 10.9 Å². The highest BCUT2D eigenvalue weighted by Crippen LogP contribution is 2.21. The molecular weight excluding hydrogens is 282 g/mol. The fraction of sp³-hybridized carbons (Fsp3) is 0.583. The molecule has 20 heavy (non-hydrogen) atoms. The van der Waals surface area contributed by atoms with Gasteiger partial charge in [-0.05, 0) is 0 Å². The Labute approximate surface area is 120 Å². The van der Waals surface area contributed by atoms with Gasteiger partial charge in [-0.1, -0.05) is 0 Å². The number of rotatable bonds is 4. The summed E-state index contributed by atoms with van der Waals surface area (Å²) in [5.41, 5.74) is 1.24. The van der Waals surface area contributed by atoms with Crippen molar-refractivity contribution in [1.29, 1.82) is 0 Å². The van der Waals surface area contributed by atoms with Crippen molar-refractivity contribution in [2.45, 2.75) is 24.9 Å². The lowest BCUT2D eigenvalue weighted by Gasteiger charge is -2.35. The average molecular weight is 299 g/mol. The van der Waals surface area contributed by atoms with Crippen LogP contribution >= 0.6 is 11.3 Å². The SMILES string of the molecule is CN(Cc1cscn1)C(=O)NC1(C(=O)O)CCOCC1. The molecule has 0 spiro atoms. The molecule has 1 saturated heterocycles. The number of urea groups is 1. The number of amides is 2. The number of nitrogens with zero attached hydrogens (tertiary/aromatic N) is 2. The van der Waals surface area contributed by atoms with Gasteiger partial charge in [0.05, 0.1) is 17.7 Å². The Morgan fingerprint density at radius 2 is 2.25 bits per heavy atom. The smallest absolute Gasteiger partial charge is 0.329 e. The lowest BCUT2D eigenvalue weighted by molar-refractivity contribution is -0.148. The van der Waals surface area contributed by atoms with Crippen molar-refractivity contribution < 1.29 is 19.4 Å². The van der Waals surface area contributed by atoms with Crippen molar-refractivity contribution in [1.82, 2.24) is 15.2 Å². The predicted molar refractivity (Wildman–Crippen MR) is 72.5 cm³/mol. The maximum absolute atomic E-state index is 12.1. The van der Waals surface area contributed by atoms with Crippen LogP contribution in [-0.4, -0.2) is 52.8 Å². The van der Waals surface area contributed by atoms with Gasteiger partial charge in [-0.25, -0.2) is 14.6 Å². The van der Waals surface area contributed by atoms with Crippen molar-refractivity contribution in [2.24, 2.45) is 0 Å². The summed E-state index contributed by atoms with van der Waals surface area (Å²) in [6, 6.07) is -0.415. The predicted octanol–water partition coefficient (Wildman–Crippen LogP) is 0.918. The van der Waals surface area contributed by atoms with Gasteiger partial charge in [-0.3, -0.25) is 0 Å². The number of nitrogens with one attached hydrogen (secondary N) is 1. The van der Waals surface area contributed by atoms with E-state index in [2.05, 4.69) is 10.3 Å². The first kappa shape index (κ1) is 14.7. The van der Waals surface area contributed by atoms with E-state index in [0.717, 1.165) is 5.69 Å². The summed E-state index contributed by atoms with van der Waals surface area (Å²) in [5, 5.41) is 13.9. The van der Waals surface area contributed by atoms with Gasteiger partial charge in [0, 0.05) is 38.5 Å².